The van der Waals surface area contributed by atoms with Crippen LogP contribution in [0.3, 0.4) is 0 Å². The van der Waals surface area contributed by atoms with Gasteiger partial charge in [0.1, 0.15) is 5.75 Å². The molecule has 1 aliphatic rings. The Morgan fingerprint density at radius 3 is 2.34 bits per heavy atom. The van der Waals surface area contributed by atoms with Crippen molar-refractivity contribution in [3.8, 4) is 5.75 Å². The van der Waals surface area contributed by atoms with Gasteiger partial charge in [-0.05, 0) is 62.2 Å². The molecule has 0 unspecified atom stereocenters. The van der Waals surface area contributed by atoms with Gasteiger partial charge in [0.15, 0.2) is 0 Å². The summed E-state index contributed by atoms with van der Waals surface area (Å²) in [4.78, 5) is 29.1. The van der Waals surface area contributed by atoms with E-state index in [9.17, 15) is 9.59 Å². The van der Waals surface area contributed by atoms with Crippen LogP contribution in [0.2, 0.25) is 0 Å². The lowest BCUT2D eigenvalue weighted by Gasteiger charge is -2.11. The summed E-state index contributed by atoms with van der Waals surface area (Å²) in [6, 6.07) is 14.5. The molecule has 4 rings (SSSR count). The van der Waals surface area contributed by atoms with E-state index in [1.165, 1.54) is 0 Å². The Hall–Kier alpha value is -3.61. The van der Waals surface area contributed by atoms with E-state index in [1.807, 2.05) is 24.3 Å². The van der Waals surface area contributed by atoms with Crippen LogP contribution in [0.25, 0.3) is 10.9 Å². The van der Waals surface area contributed by atoms with Crippen LogP contribution in [-0.2, 0) is 0 Å². The summed E-state index contributed by atoms with van der Waals surface area (Å²) in [6.45, 7) is 1.80. The Balaban J connectivity index is 1.45. The van der Waals surface area contributed by atoms with Crippen LogP contribution >= 0.6 is 0 Å². The number of carbonyl (C=O) groups excluding carboxylic acids is 2. The molecule has 29 heavy (non-hydrogen) atoms. The summed E-state index contributed by atoms with van der Waals surface area (Å²) in [7, 11) is 1.61. The molecule has 0 radical (unpaired) electrons. The first-order chi connectivity index (χ1) is 14.0. The molecule has 1 heterocycles. The summed E-state index contributed by atoms with van der Waals surface area (Å²) in [5, 5.41) is 9.39. The summed E-state index contributed by atoms with van der Waals surface area (Å²) in [5.41, 5.74) is 3.22. The molecule has 148 valence electrons. The second-order valence-electron chi connectivity index (χ2n) is 7.08. The molecular weight excluding hydrogens is 368 g/mol. The number of fused-ring (bicyclic) bond motifs is 1. The van der Waals surface area contributed by atoms with Crippen LogP contribution in [0, 0.1) is 6.92 Å². The number of nitrogens with zero attached hydrogens (tertiary/aromatic N) is 1. The lowest BCUT2D eigenvalue weighted by Crippen LogP contribution is -2.30. The Morgan fingerprint density at radius 2 is 1.69 bits per heavy atom. The third-order valence-corrected chi connectivity index (χ3v) is 4.77. The van der Waals surface area contributed by atoms with Crippen molar-refractivity contribution in [2.45, 2.75) is 25.8 Å². The highest BCUT2D eigenvalue weighted by Crippen LogP contribution is 2.23. The average Bonchev–Trinajstić information content (AvgIpc) is 3.52. The summed E-state index contributed by atoms with van der Waals surface area (Å²) >= 11 is 0. The van der Waals surface area contributed by atoms with Crippen molar-refractivity contribution in [2.24, 2.45) is 0 Å². The number of hydrogen-bond donors (Lipinski definition) is 3. The van der Waals surface area contributed by atoms with Crippen molar-refractivity contribution in [3.05, 3.63) is 59.8 Å². The van der Waals surface area contributed by atoms with E-state index in [2.05, 4.69) is 20.9 Å². The molecule has 7 heteroatoms. The first-order valence-corrected chi connectivity index (χ1v) is 9.46. The van der Waals surface area contributed by atoms with E-state index in [4.69, 9.17) is 4.74 Å². The number of anilines is 2. The average molecular weight is 390 g/mol. The minimum atomic E-state index is -0.236. The maximum atomic E-state index is 12.7. The Labute approximate surface area is 168 Å². The van der Waals surface area contributed by atoms with E-state index in [-0.39, 0.29) is 11.9 Å². The zero-order chi connectivity index (χ0) is 20.4. The van der Waals surface area contributed by atoms with Crippen molar-refractivity contribution in [3.63, 3.8) is 0 Å². The fourth-order valence-corrected chi connectivity index (χ4v) is 3.02. The maximum absolute atomic E-state index is 12.7. The van der Waals surface area contributed by atoms with Crippen molar-refractivity contribution in [2.75, 3.05) is 17.7 Å². The quantitative estimate of drug-likeness (QED) is 0.612. The van der Waals surface area contributed by atoms with Gasteiger partial charge < -0.3 is 20.7 Å². The minimum absolute atomic E-state index is 0.209. The van der Waals surface area contributed by atoms with Crippen LogP contribution in [0.1, 0.15) is 28.9 Å². The molecule has 1 saturated carbocycles. The third kappa shape index (κ3) is 4.45. The van der Waals surface area contributed by atoms with E-state index in [0.717, 1.165) is 29.5 Å². The number of amides is 3. The SMILES string of the molecule is COc1ccc2cc(C(=O)Nc3ccc(NC(=O)NC4CC4)cc3)c(C)nc2c1. The van der Waals surface area contributed by atoms with Crippen LogP contribution in [0.4, 0.5) is 16.2 Å². The summed E-state index contributed by atoms with van der Waals surface area (Å²) in [5.74, 6) is 0.487. The van der Waals surface area contributed by atoms with Gasteiger partial charge in [-0.25, -0.2) is 4.79 Å². The predicted octanol–water partition coefficient (Wildman–Crippen LogP) is 4.09. The van der Waals surface area contributed by atoms with E-state index < -0.39 is 0 Å². The molecule has 1 aromatic heterocycles. The third-order valence-electron chi connectivity index (χ3n) is 4.77. The Morgan fingerprint density at radius 1 is 1.00 bits per heavy atom. The van der Waals surface area contributed by atoms with E-state index >= 15 is 0 Å². The number of aryl methyl sites for hydroxylation is 1. The molecule has 3 N–H and O–H groups in total. The number of ether oxygens (including phenoxy) is 1. The summed E-state index contributed by atoms with van der Waals surface area (Å²) in [6.07, 6.45) is 2.07. The Bertz CT molecular complexity index is 1080. The lowest BCUT2D eigenvalue weighted by molar-refractivity contribution is 0.102. The smallest absolute Gasteiger partial charge is 0.319 e. The maximum Gasteiger partial charge on any atom is 0.319 e. The fraction of sp³-hybridized carbons (Fsp3) is 0.227. The van der Waals surface area contributed by atoms with Crippen LogP contribution in [-0.4, -0.2) is 30.1 Å². The first kappa shape index (κ1) is 18.7. The largest absolute Gasteiger partial charge is 0.497 e. The zero-order valence-electron chi connectivity index (χ0n) is 16.3. The number of carbonyl (C=O) groups is 2. The molecule has 0 aliphatic heterocycles. The number of urea groups is 1. The normalized spacial score (nSPS) is 13.0. The monoisotopic (exact) mass is 390 g/mol. The Kier molecular flexibility index (Phi) is 5.03. The zero-order valence-corrected chi connectivity index (χ0v) is 16.3. The molecule has 3 amide bonds. The van der Waals surface area contributed by atoms with Gasteiger partial charge in [-0.15, -0.1) is 0 Å². The van der Waals surface area contributed by atoms with Crippen LogP contribution in [0.15, 0.2) is 48.5 Å². The van der Waals surface area contributed by atoms with Crippen molar-refractivity contribution in [1.29, 1.82) is 0 Å². The highest BCUT2D eigenvalue weighted by Gasteiger charge is 2.23. The van der Waals surface area contributed by atoms with Gasteiger partial charge in [0.05, 0.1) is 23.9 Å². The lowest BCUT2D eigenvalue weighted by atomic mass is 10.1. The number of nitrogens with one attached hydrogen (secondary N) is 3. The first-order valence-electron chi connectivity index (χ1n) is 9.46. The van der Waals surface area contributed by atoms with E-state index in [1.54, 1.807) is 38.3 Å². The number of methoxy groups -OCH3 is 1. The van der Waals surface area contributed by atoms with Crippen molar-refractivity contribution < 1.29 is 14.3 Å². The molecule has 0 spiro atoms. The van der Waals surface area contributed by atoms with Gasteiger partial charge in [-0.1, -0.05) is 0 Å². The van der Waals surface area contributed by atoms with Crippen LogP contribution in [0.5, 0.6) is 5.75 Å². The van der Waals surface area contributed by atoms with Crippen LogP contribution < -0.4 is 20.7 Å². The highest BCUT2D eigenvalue weighted by atomic mass is 16.5. The minimum Gasteiger partial charge on any atom is -0.497 e. The topological polar surface area (TPSA) is 92.4 Å². The van der Waals surface area contributed by atoms with Gasteiger partial charge in [0.25, 0.3) is 5.91 Å². The van der Waals surface area contributed by atoms with Crippen molar-refractivity contribution >= 4 is 34.2 Å². The number of rotatable bonds is 5. The molecule has 0 atom stereocenters. The predicted molar refractivity (Wildman–Crippen MR) is 113 cm³/mol. The fourth-order valence-electron chi connectivity index (χ4n) is 3.02. The molecular formula is C22H22N4O3. The molecule has 1 fully saturated rings. The van der Waals surface area contributed by atoms with Gasteiger partial charge >= 0.3 is 6.03 Å². The van der Waals surface area contributed by atoms with Gasteiger partial charge in [0, 0.05) is 28.9 Å². The molecule has 0 bridgehead atoms. The second kappa shape index (κ2) is 7.79. The number of benzene rings is 2. The van der Waals surface area contributed by atoms with Gasteiger partial charge in [-0.2, -0.15) is 0 Å². The molecule has 7 nitrogen and oxygen atoms in total. The number of hydrogen-bond acceptors (Lipinski definition) is 4. The second-order valence-corrected chi connectivity index (χ2v) is 7.08. The molecule has 0 saturated heterocycles. The highest BCUT2D eigenvalue weighted by molar-refractivity contribution is 6.07. The van der Waals surface area contributed by atoms with E-state index in [0.29, 0.717) is 28.7 Å². The molecule has 1 aliphatic carbocycles. The molecule has 2 aromatic carbocycles. The summed E-state index contributed by atoms with van der Waals surface area (Å²) < 4.78 is 5.22. The molecule has 3 aromatic rings. The standard InChI is InChI=1S/C22H22N4O3/c1-13-19(11-14-3-10-18(29-2)12-20(14)23-13)21(27)24-15-4-6-16(7-5-15)25-22(28)26-17-8-9-17/h3-7,10-12,17H,8-9H2,1-2H3,(H,24,27)(H2,25,26,28). The van der Waals surface area contributed by atoms with Gasteiger partial charge in [-0.3, -0.25) is 9.78 Å². The number of pyridine rings is 1. The number of aromatic nitrogens is 1. The van der Waals surface area contributed by atoms with Crippen molar-refractivity contribution in [1.82, 2.24) is 10.3 Å². The van der Waals surface area contributed by atoms with Gasteiger partial charge in [0.2, 0.25) is 0 Å².